The molecule has 0 radical (unpaired) electrons. The first kappa shape index (κ1) is 14.3. The SMILES string of the molecule is Cc1c(S(=O)(=O)N2CCOCC2CO)c(N)nn1C. The Morgan fingerprint density at radius 3 is 2.79 bits per heavy atom. The van der Waals surface area contributed by atoms with E-state index in [1.165, 1.54) is 8.99 Å². The van der Waals surface area contributed by atoms with Crippen LogP contribution in [0, 0.1) is 6.92 Å². The summed E-state index contributed by atoms with van der Waals surface area (Å²) < 4.78 is 33.1. The van der Waals surface area contributed by atoms with Gasteiger partial charge in [0.1, 0.15) is 4.90 Å². The molecule has 0 amide bonds. The molecule has 1 aliphatic rings. The molecule has 19 heavy (non-hydrogen) atoms. The summed E-state index contributed by atoms with van der Waals surface area (Å²) in [5.41, 5.74) is 6.16. The van der Waals surface area contributed by atoms with Gasteiger partial charge < -0.3 is 15.6 Å². The summed E-state index contributed by atoms with van der Waals surface area (Å²) in [5.74, 6) is -0.0248. The second kappa shape index (κ2) is 5.08. The summed E-state index contributed by atoms with van der Waals surface area (Å²) in [4.78, 5) is 0.00958. The summed E-state index contributed by atoms with van der Waals surface area (Å²) in [6, 6.07) is -0.585. The van der Waals surface area contributed by atoms with Crippen LogP contribution in [0.15, 0.2) is 4.90 Å². The highest BCUT2D eigenvalue weighted by molar-refractivity contribution is 7.89. The molecule has 3 N–H and O–H groups in total. The zero-order valence-corrected chi connectivity index (χ0v) is 11.7. The van der Waals surface area contributed by atoms with Gasteiger partial charge in [-0.25, -0.2) is 8.42 Å². The minimum absolute atomic E-state index is 0.00958. The molecule has 1 aromatic rings. The zero-order chi connectivity index (χ0) is 14.2. The van der Waals surface area contributed by atoms with E-state index in [4.69, 9.17) is 10.5 Å². The monoisotopic (exact) mass is 290 g/mol. The van der Waals surface area contributed by atoms with Crippen molar-refractivity contribution in [2.75, 3.05) is 32.1 Å². The minimum Gasteiger partial charge on any atom is -0.395 e. The Labute approximate surface area is 111 Å². The van der Waals surface area contributed by atoms with Gasteiger partial charge in [0.15, 0.2) is 5.82 Å². The van der Waals surface area contributed by atoms with Crippen molar-refractivity contribution in [3.8, 4) is 0 Å². The fraction of sp³-hybridized carbons (Fsp3) is 0.700. The molecule has 1 fully saturated rings. The molecule has 8 nitrogen and oxygen atoms in total. The second-order valence-electron chi connectivity index (χ2n) is 4.45. The van der Waals surface area contributed by atoms with E-state index in [1.54, 1.807) is 14.0 Å². The summed E-state index contributed by atoms with van der Waals surface area (Å²) in [5, 5.41) is 13.2. The standard InChI is InChI=1S/C10H18N4O4S/c1-7-9(10(11)12-13(7)2)19(16,17)14-3-4-18-6-8(14)5-15/h8,15H,3-6H2,1-2H3,(H2,11,12). The number of nitrogens with zero attached hydrogens (tertiary/aromatic N) is 3. The maximum absolute atomic E-state index is 12.6. The average Bonchev–Trinajstić information content (AvgIpc) is 2.63. The van der Waals surface area contributed by atoms with Crippen LogP contribution in [-0.2, 0) is 21.8 Å². The molecule has 1 unspecified atom stereocenters. The van der Waals surface area contributed by atoms with E-state index in [-0.39, 0.29) is 30.5 Å². The molecular formula is C10H18N4O4S. The average molecular weight is 290 g/mol. The van der Waals surface area contributed by atoms with Crippen molar-refractivity contribution in [2.24, 2.45) is 7.05 Å². The van der Waals surface area contributed by atoms with E-state index in [1.807, 2.05) is 0 Å². The van der Waals surface area contributed by atoms with Gasteiger partial charge in [0.05, 0.1) is 31.6 Å². The third-order valence-corrected chi connectivity index (χ3v) is 5.37. The van der Waals surface area contributed by atoms with Gasteiger partial charge in [0.2, 0.25) is 10.0 Å². The number of rotatable bonds is 3. The third-order valence-electron chi connectivity index (χ3n) is 3.26. The molecule has 0 spiro atoms. The molecule has 0 aromatic carbocycles. The molecule has 2 rings (SSSR count). The van der Waals surface area contributed by atoms with E-state index < -0.39 is 16.1 Å². The van der Waals surface area contributed by atoms with Crippen LogP contribution in [0.3, 0.4) is 0 Å². The quantitative estimate of drug-likeness (QED) is 0.715. The van der Waals surface area contributed by atoms with Crippen LogP contribution in [0.25, 0.3) is 0 Å². The number of nitrogens with two attached hydrogens (primary N) is 1. The smallest absolute Gasteiger partial charge is 0.249 e. The lowest BCUT2D eigenvalue weighted by atomic mass is 10.3. The number of aliphatic hydroxyl groups is 1. The number of morpholine rings is 1. The van der Waals surface area contributed by atoms with Crippen LogP contribution >= 0.6 is 0 Å². The van der Waals surface area contributed by atoms with Gasteiger partial charge in [0.25, 0.3) is 0 Å². The van der Waals surface area contributed by atoms with Crippen molar-refractivity contribution >= 4 is 15.8 Å². The molecular weight excluding hydrogens is 272 g/mol. The number of hydrogen-bond acceptors (Lipinski definition) is 6. The Morgan fingerprint density at radius 1 is 1.58 bits per heavy atom. The number of nitrogen functional groups attached to an aromatic ring is 1. The van der Waals surface area contributed by atoms with Crippen LogP contribution in [0.5, 0.6) is 0 Å². The summed E-state index contributed by atoms with van der Waals surface area (Å²) in [7, 11) is -2.15. The number of aryl methyl sites for hydroxylation is 1. The second-order valence-corrected chi connectivity index (χ2v) is 6.28. The molecule has 1 aliphatic heterocycles. The van der Waals surface area contributed by atoms with Gasteiger partial charge in [-0.1, -0.05) is 0 Å². The van der Waals surface area contributed by atoms with Crippen molar-refractivity contribution < 1.29 is 18.3 Å². The lowest BCUT2D eigenvalue weighted by Crippen LogP contribution is -2.50. The Hall–Kier alpha value is -1.16. The highest BCUT2D eigenvalue weighted by atomic mass is 32.2. The van der Waals surface area contributed by atoms with Crippen LogP contribution < -0.4 is 5.73 Å². The van der Waals surface area contributed by atoms with E-state index >= 15 is 0 Å². The normalized spacial score (nSPS) is 21.7. The Kier molecular flexibility index (Phi) is 3.81. The van der Waals surface area contributed by atoms with Gasteiger partial charge in [0, 0.05) is 13.6 Å². The maximum atomic E-state index is 12.6. The molecule has 1 atom stereocenters. The van der Waals surface area contributed by atoms with Crippen molar-refractivity contribution in [2.45, 2.75) is 17.9 Å². The van der Waals surface area contributed by atoms with Crippen LogP contribution in [0.1, 0.15) is 5.69 Å². The molecule has 1 saturated heterocycles. The minimum atomic E-state index is -3.78. The summed E-state index contributed by atoms with van der Waals surface area (Å²) >= 11 is 0. The topological polar surface area (TPSA) is 111 Å². The summed E-state index contributed by atoms with van der Waals surface area (Å²) in [6.07, 6.45) is 0. The van der Waals surface area contributed by atoms with E-state index in [0.717, 1.165) is 0 Å². The number of aromatic nitrogens is 2. The fourth-order valence-corrected chi connectivity index (χ4v) is 4.03. The van der Waals surface area contributed by atoms with Crippen LogP contribution in [-0.4, -0.2) is 60.0 Å². The Balaban J connectivity index is 2.46. The van der Waals surface area contributed by atoms with Gasteiger partial charge in [-0.15, -0.1) is 0 Å². The van der Waals surface area contributed by atoms with Gasteiger partial charge in [-0.3, -0.25) is 4.68 Å². The first-order valence-electron chi connectivity index (χ1n) is 5.89. The summed E-state index contributed by atoms with van der Waals surface area (Å²) in [6.45, 7) is 2.02. The lowest BCUT2D eigenvalue weighted by Gasteiger charge is -2.33. The molecule has 9 heteroatoms. The van der Waals surface area contributed by atoms with Gasteiger partial charge in [-0.2, -0.15) is 9.40 Å². The van der Waals surface area contributed by atoms with E-state index in [2.05, 4.69) is 5.10 Å². The Bertz CT molecular complexity index is 568. The first-order valence-corrected chi connectivity index (χ1v) is 7.33. The number of ether oxygens (including phenoxy) is 1. The highest BCUT2D eigenvalue weighted by Crippen LogP contribution is 2.27. The van der Waals surface area contributed by atoms with Crippen molar-refractivity contribution in [3.05, 3.63) is 5.69 Å². The van der Waals surface area contributed by atoms with Crippen molar-refractivity contribution in [1.82, 2.24) is 14.1 Å². The molecule has 0 aliphatic carbocycles. The number of sulfonamides is 1. The third kappa shape index (κ3) is 2.34. The van der Waals surface area contributed by atoms with Gasteiger partial charge in [-0.05, 0) is 6.92 Å². The van der Waals surface area contributed by atoms with E-state index in [0.29, 0.717) is 12.3 Å². The molecule has 0 bridgehead atoms. The zero-order valence-electron chi connectivity index (χ0n) is 10.9. The van der Waals surface area contributed by atoms with Gasteiger partial charge >= 0.3 is 0 Å². The van der Waals surface area contributed by atoms with E-state index in [9.17, 15) is 13.5 Å². The lowest BCUT2D eigenvalue weighted by molar-refractivity contribution is 0.0109. The number of anilines is 1. The van der Waals surface area contributed by atoms with Crippen molar-refractivity contribution in [1.29, 1.82) is 0 Å². The number of aliphatic hydroxyl groups excluding tert-OH is 1. The predicted molar refractivity (Wildman–Crippen MR) is 67.9 cm³/mol. The molecule has 108 valence electrons. The molecule has 2 heterocycles. The highest BCUT2D eigenvalue weighted by Gasteiger charge is 2.37. The fourth-order valence-electron chi connectivity index (χ4n) is 2.15. The predicted octanol–water partition coefficient (Wildman–Crippen LogP) is -1.31. The maximum Gasteiger partial charge on any atom is 0.249 e. The molecule has 0 saturated carbocycles. The van der Waals surface area contributed by atoms with Crippen molar-refractivity contribution in [3.63, 3.8) is 0 Å². The largest absolute Gasteiger partial charge is 0.395 e. The first-order chi connectivity index (χ1) is 8.89. The number of hydrogen-bond donors (Lipinski definition) is 2. The van der Waals surface area contributed by atoms with Crippen LogP contribution in [0.2, 0.25) is 0 Å². The molecule has 1 aromatic heterocycles. The van der Waals surface area contributed by atoms with Crippen LogP contribution in [0.4, 0.5) is 5.82 Å². The Morgan fingerprint density at radius 2 is 2.26 bits per heavy atom.